The summed E-state index contributed by atoms with van der Waals surface area (Å²) < 4.78 is 3.15. The van der Waals surface area contributed by atoms with Gasteiger partial charge in [-0.15, -0.1) is 11.3 Å². The monoisotopic (exact) mass is 442 g/mol. The van der Waals surface area contributed by atoms with Gasteiger partial charge in [-0.3, -0.25) is 24.3 Å². The first-order chi connectivity index (χ1) is 14.5. The summed E-state index contributed by atoms with van der Waals surface area (Å²) in [6.45, 7) is 0.832. The molecule has 0 aliphatic rings. The summed E-state index contributed by atoms with van der Waals surface area (Å²) in [4.78, 5) is 23.3. The van der Waals surface area contributed by atoms with Gasteiger partial charge in [0.15, 0.2) is 5.82 Å². The minimum Gasteiger partial charge on any atom is -0.304 e. The molecule has 0 aliphatic heterocycles. The number of anilines is 1. The van der Waals surface area contributed by atoms with Gasteiger partial charge in [0, 0.05) is 17.3 Å². The summed E-state index contributed by atoms with van der Waals surface area (Å²) in [5, 5.41) is 24.3. The lowest BCUT2D eigenvalue weighted by Crippen LogP contribution is -2.11. The van der Waals surface area contributed by atoms with E-state index >= 15 is 0 Å². The van der Waals surface area contributed by atoms with Crippen LogP contribution in [0.5, 0.6) is 0 Å². The number of nitro groups is 1. The second-order valence-electron chi connectivity index (χ2n) is 6.42. The van der Waals surface area contributed by atoms with Crippen molar-refractivity contribution in [3.8, 4) is 0 Å². The number of carbonyl (C=O) groups is 1. The molecule has 1 aromatic carbocycles. The van der Waals surface area contributed by atoms with Crippen molar-refractivity contribution in [2.75, 3.05) is 5.32 Å². The molecule has 3 aromatic heterocycles. The molecule has 0 bridgehead atoms. The number of halogens is 1. The van der Waals surface area contributed by atoms with Gasteiger partial charge in [-0.1, -0.05) is 29.8 Å². The molecule has 0 radical (unpaired) electrons. The van der Waals surface area contributed by atoms with Crippen LogP contribution >= 0.6 is 22.9 Å². The zero-order valence-corrected chi connectivity index (χ0v) is 17.0. The van der Waals surface area contributed by atoms with Crippen LogP contribution in [0.1, 0.15) is 20.8 Å². The van der Waals surface area contributed by atoms with E-state index in [0.717, 1.165) is 11.1 Å². The molecular weight excluding hydrogens is 428 g/mol. The SMILES string of the molecule is O=C(Nc1ccn(Cc2ccccc2Cl)n1)c1cc(Cn2cc([N+](=O)[O-])cn2)cs1. The quantitative estimate of drug-likeness (QED) is 0.343. The van der Waals surface area contributed by atoms with Crippen LogP contribution in [0.4, 0.5) is 11.5 Å². The van der Waals surface area contributed by atoms with Crippen LogP contribution < -0.4 is 5.32 Å². The fourth-order valence-corrected chi connectivity index (χ4v) is 3.79. The molecule has 0 saturated heterocycles. The highest BCUT2D eigenvalue weighted by Crippen LogP contribution is 2.19. The maximum atomic E-state index is 12.5. The molecule has 11 heteroatoms. The highest BCUT2D eigenvalue weighted by molar-refractivity contribution is 7.12. The van der Waals surface area contributed by atoms with Crippen LogP contribution in [0.15, 0.2) is 60.4 Å². The van der Waals surface area contributed by atoms with Crippen molar-refractivity contribution in [1.82, 2.24) is 19.6 Å². The first kappa shape index (κ1) is 19.8. The van der Waals surface area contributed by atoms with E-state index in [4.69, 9.17) is 11.6 Å². The van der Waals surface area contributed by atoms with Crippen molar-refractivity contribution < 1.29 is 9.72 Å². The molecule has 9 nitrogen and oxygen atoms in total. The highest BCUT2D eigenvalue weighted by Gasteiger charge is 2.13. The maximum absolute atomic E-state index is 12.5. The average molecular weight is 443 g/mol. The Bertz CT molecular complexity index is 1210. The largest absolute Gasteiger partial charge is 0.307 e. The molecule has 30 heavy (non-hydrogen) atoms. The Hall–Kier alpha value is -3.50. The van der Waals surface area contributed by atoms with Crippen LogP contribution in [0.2, 0.25) is 5.02 Å². The maximum Gasteiger partial charge on any atom is 0.307 e. The Labute approximate surface area is 179 Å². The minimum atomic E-state index is -0.499. The lowest BCUT2D eigenvalue weighted by atomic mass is 10.2. The molecule has 0 aliphatic carbocycles. The number of rotatable bonds is 7. The van der Waals surface area contributed by atoms with E-state index in [0.29, 0.717) is 28.8 Å². The number of nitrogens with one attached hydrogen (secondary N) is 1. The van der Waals surface area contributed by atoms with Crippen molar-refractivity contribution in [1.29, 1.82) is 0 Å². The Balaban J connectivity index is 1.38. The smallest absolute Gasteiger partial charge is 0.304 e. The van der Waals surface area contributed by atoms with Gasteiger partial charge < -0.3 is 5.32 Å². The predicted octanol–water partition coefficient (Wildman–Crippen LogP) is 4.05. The number of amides is 1. The van der Waals surface area contributed by atoms with Crippen molar-refractivity contribution in [2.24, 2.45) is 0 Å². The van der Waals surface area contributed by atoms with Crippen LogP contribution in [0.25, 0.3) is 0 Å². The minimum absolute atomic E-state index is 0.0735. The summed E-state index contributed by atoms with van der Waals surface area (Å²) in [6, 6.07) is 11.0. The Morgan fingerprint density at radius 2 is 2.07 bits per heavy atom. The number of nitrogens with zero attached hydrogens (tertiary/aromatic N) is 5. The number of benzene rings is 1. The lowest BCUT2D eigenvalue weighted by Gasteiger charge is -2.04. The van der Waals surface area contributed by atoms with Crippen LogP contribution in [0.3, 0.4) is 0 Å². The topological polar surface area (TPSA) is 108 Å². The van der Waals surface area contributed by atoms with E-state index in [1.807, 2.05) is 29.6 Å². The first-order valence-electron chi connectivity index (χ1n) is 8.80. The standard InChI is InChI=1S/C19H15ClN6O3S/c20-16-4-2-1-3-14(16)10-24-6-5-18(23-24)22-19(27)17-7-13(12-30-17)9-25-11-15(8-21-25)26(28)29/h1-8,11-12H,9-10H2,(H,22,23,27). The van der Waals surface area contributed by atoms with E-state index in [-0.39, 0.29) is 11.6 Å². The zero-order valence-electron chi connectivity index (χ0n) is 15.4. The van der Waals surface area contributed by atoms with Crippen LogP contribution in [-0.4, -0.2) is 30.4 Å². The van der Waals surface area contributed by atoms with E-state index in [1.165, 1.54) is 28.4 Å². The van der Waals surface area contributed by atoms with Gasteiger partial charge in [0.1, 0.15) is 12.4 Å². The van der Waals surface area contributed by atoms with Crippen LogP contribution in [-0.2, 0) is 13.1 Å². The summed E-state index contributed by atoms with van der Waals surface area (Å²) in [5.41, 5.74) is 1.69. The van der Waals surface area contributed by atoms with Gasteiger partial charge in [0.2, 0.25) is 0 Å². The predicted molar refractivity (Wildman–Crippen MR) is 113 cm³/mol. The molecule has 4 aromatic rings. The Kier molecular flexibility index (Phi) is 5.59. The molecule has 1 N–H and O–H groups in total. The average Bonchev–Trinajstić information content (AvgIpc) is 3.45. The van der Waals surface area contributed by atoms with Crippen LogP contribution in [0, 0.1) is 10.1 Å². The number of aromatic nitrogens is 4. The highest BCUT2D eigenvalue weighted by atomic mass is 35.5. The number of hydrogen-bond acceptors (Lipinski definition) is 6. The van der Waals surface area contributed by atoms with Crippen molar-refractivity contribution in [3.63, 3.8) is 0 Å². The first-order valence-corrected chi connectivity index (χ1v) is 10.1. The molecule has 0 unspecified atom stereocenters. The van der Waals surface area contributed by atoms with Crippen molar-refractivity contribution >= 4 is 40.4 Å². The molecule has 0 saturated carbocycles. The lowest BCUT2D eigenvalue weighted by molar-refractivity contribution is -0.385. The van der Waals surface area contributed by atoms with Gasteiger partial charge >= 0.3 is 5.69 Å². The summed E-state index contributed by atoms with van der Waals surface area (Å²) in [7, 11) is 0. The van der Waals surface area contributed by atoms with Gasteiger partial charge in [-0.2, -0.15) is 10.2 Å². The van der Waals surface area contributed by atoms with E-state index in [9.17, 15) is 14.9 Å². The van der Waals surface area contributed by atoms with Gasteiger partial charge in [0.05, 0.1) is 22.9 Å². The molecule has 4 rings (SSSR count). The summed E-state index contributed by atoms with van der Waals surface area (Å²) in [6.07, 6.45) is 4.31. The molecular formula is C19H15ClN6O3S. The Morgan fingerprint density at radius 1 is 1.23 bits per heavy atom. The molecule has 0 spiro atoms. The number of carbonyl (C=O) groups excluding carboxylic acids is 1. The second-order valence-corrected chi connectivity index (χ2v) is 7.73. The Morgan fingerprint density at radius 3 is 2.83 bits per heavy atom. The second kappa shape index (κ2) is 8.47. The fraction of sp³-hybridized carbons (Fsp3) is 0.105. The summed E-state index contributed by atoms with van der Waals surface area (Å²) in [5.74, 6) is 0.158. The summed E-state index contributed by atoms with van der Waals surface area (Å²) >= 11 is 7.46. The number of thiophene rings is 1. The molecule has 152 valence electrons. The third kappa shape index (κ3) is 4.56. The normalized spacial score (nSPS) is 10.8. The van der Waals surface area contributed by atoms with Crippen molar-refractivity contribution in [2.45, 2.75) is 13.1 Å². The van der Waals surface area contributed by atoms with Crippen molar-refractivity contribution in [3.05, 3.63) is 91.5 Å². The third-order valence-corrected chi connectivity index (χ3v) is 5.57. The molecule has 0 fully saturated rings. The van der Waals surface area contributed by atoms with E-state index in [1.54, 1.807) is 23.0 Å². The molecule has 3 heterocycles. The fourth-order valence-electron chi connectivity index (χ4n) is 2.79. The van der Waals surface area contributed by atoms with Gasteiger partial charge in [-0.25, -0.2) is 0 Å². The van der Waals surface area contributed by atoms with Gasteiger partial charge in [0.25, 0.3) is 5.91 Å². The van der Waals surface area contributed by atoms with Gasteiger partial charge in [-0.05, 0) is 28.6 Å². The third-order valence-electron chi connectivity index (χ3n) is 4.22. The van der Waals surface area contributed by atoms with E-state index < -0.39 is 4.92 Å². The zero-order chi connectivity index (χ0) is 21.1. The molecule has 1 amide bonds. The molecule has 0 atom stereocenters. The number of hydrogen-bond donors (Lipinski definition) is 1. The van der Waals surface area contributed by atoms with E-state index in [2.05, 4.69) is 15.5 Å².